The molecule has 1 aliphatic rings. The van der Waals surface area contributed by atoms with Gasteiger partial charge < -0.3 is 5.73 Å². The molecule has 0 amide bonds. The molecule has 1 aromatic carbocycles. The van der Waals surface area contributed by atoms with Gasteiger partial charge in [-0.25, -0.2) is 12.7 Å². The molecule has 0 radical (unpaired) electrons. The van der Waals surface area contributed by atoms with E-state index in [1.807, 2.05) is 19.9 Å². The van der Waals surface area contributed by atoms with Gasteiger partial charge in [-0.3, -0.25) is 0 Å². The summed E-state index contributed by atoms with van der Waals surface area (Å²) in [6, 6.07) is 1.86. The fraction of sp³-hybridized carbons (Fsp3) is 0.625. The monoisotopic (exact) mass is 310 g/mol. The van der Waals surface area contributed by atoms with E-state index in [0.717, 1.165) is 24.0 Å². The Kier molecular flexibility index (Phi) is 4.63. The molecule has 0 heterocycles. The van der Waals surface area contributed by atoms with E-state index in [0.29, 0.717) is 28.6 Å². The zero-order chi connectivity index (χ0) is 15.8. The molecule has 1 saturated carbocycles. The van der Waals surface area contributed by atoms with E-state index in [2.05, 4.69) is 0 Å². The lowest BCUT2D eigenvalue weighted by atomic mass is 10.1. The predicted molar refractivity (Wildman–Crippen MR) is 86.8 cm³/mol. The molecule has 118 valence electrons. The van der Waals surface area contributed by atoms with Crippen LogP contribution in [0.4, 0.5) is 5.69 Å². The third-order valence-corrected chi connectivity index (χ3v) is 6.73. The van der Waals surface area contributed by atoms with Gasteiger partial charge >= 0.3 is 0 Å². The second-order valence-corrected chi connectivity index (χ2v) is 8.30. The van der Waals surface area contributed by atoms with Crippen molar-refractivity contribution in [2.75, 3.05) is 19.3 Å². The zero-order valence-corrected chi connectivity index (χ0v) is 14.3. The Morgan fingerprint density at radius 2 is 1.76 bits per heavy atom. The van der Waals surface area contributed by atoms with Gasteiger partial charge in [0.1, 0.15) is 0 Å². The summed E-state index contributed by atoms with van der Waals surface area (Å²) in [5.41, 5.74) is 8.99. The van der Waals surface area contributed by atoms with Crippen LogP contribution in [0.25, 0.3) is 0 Å². The van der Waals surface area contributed by atoms with Crippen LogP contribution in [0.15, 0.2) is 11.0 Å². The maximum absolute atomic E-state index is 12.9. The zero-order valence-electron chi connectivity index (χ0n) is 13.4. The second kappa shape index (κ2) is 5.97. The molecular weight excluding hydrogens is 284 g/mol. The van der Waals surface area contributed by atoms with Crippen LogP contribution in [0.2, 0.25) is 0 Å². The lowest BCUT2D eigenvalue weighted by molar-refractivity contribution is 0.387. The van der Waals surface area contributed by atoms with Crippen LogP contribution in [-0.4, -0.2) is 26.3 Å². The highest BCUT2D eigenvalue weighted by Gasteiger charge is 2.29. The third-order valence-electron chi connectivity index (χ3n) is 4.62. The first-order chi connectivity index (χ1) is 9.75. The number of sulfonamides is 1. The minimum absolute atomic E-state index is 0.381. The van der Waals surface area contributed by atoms with Crippen LogP contribution in [0.3, 0.4) is 0 Å². The number of benzene rings is 1. The number of nitrogens with zero attached hydrogens (tertiary/aromatic N) is 1. The first kappa shape index (κ1) is 16.3. The largest absolute Gasteiger partial charge is 0.398 e. The smallest absolute Gasteiger partial charge is 0.243 e. The van der Waals surface area contributed by atoms with Gasteiger partial charge in [0.2, 0.25) is 10.0 Å². The fourth-order valence-electron chi connectivity index (χ4n) is 3.39. The Balaban J connectivity index is 2.37. The van der Waals surface area contributed by atoms with Crippen LogP contribution in [0.5, 0.6) is 0 Å². The average molecular weight is 310 g/mol. The van der Waals surface area contributed by atoms with Gasteiger partial charge in [-0.2, -0.15) is 0 Å². The first-order valence-electron chi connectivity index (χ1n) is 7.57. The Hall–Kier alpha value is -1.07. The molecule has 2 N–H and O–H groups in total. The summed E-state index contributed by atoms with van der Waals surface area (Å²) in [5, 5.41) is 0. The van der Waals surface area contributed by atoms with Gasteiger partial charge in [0.15, 0.2) is 0 Å². The number of rotatable bonds is 4. The minimum atomic E-state index is -3.47. The van der Waals surface area contributed by atoms with Gasteiger partial charge in [-0.05, 0) is 56.2 Å². The van der Waals surface area contributed by atoms with Crippen molar-refractivity contribution < 1.29 is 8.42 Å². The highest BCUT2D eigenvalue weighted by atomic mass is 32.2. The Morgan fingerprint density at radius 3 is 2.33 bits per heavy atom. The summed E-state index contributed by atoms with van der Waals surface area (Å²) < 4.78 is 27.3. The quantitative estimate of drug-likeness (QED) is 0.870. The minimum Gasteiger partial charge on any atom is -0.398 e. The van der Waals surface area contributed by atoms with Crippen LogP contribution >= 0.6 is 0 Å². The van der Waals surface area contributed by atoms with Crippen molar-refractivity contribution >= 4 is 15.7 Å². The maximum atomic E-state index is 12.9. The first-order valence-corrected chi connectivity index (χ1v) is 9.01. The SMILES string of the molecule is Cc1cc(C)c(S(=O)(=O)N(C)CC2CCCC2)c(C)c1N. The molecule has 0 saturated heterocycles. The molecule has 0 spiro atoms. The molecule has 0 bridgehead atoms. The van der Waals surface area contributed by atoms with Crippen molar-refractivity contribution in [3.8, 4) is 0 Å². The molecule has 0 aliphatic heterocycles. The van der Waals surface area contributed by atoms with Crippen LogP contribution in [-0.2, 0) is 10.0 Å². The van der Waals surface area contributed by atoms with Crippen LogP contribution < -0.4 is 5.73 Å². The van der Waals surface area contributed by atoms with E-state index in [1.165, 1.54) is 17.1 Å². The molecule has 0 atom stereocenters. The summed E-state index contributed by atoms with van der Waals surface area (Å²) in [5.74, 6) is 0.494. The number of anilines is 1. The molecule has 2 rings (SSSR count). The van der Waals surface area contributed by atoms with Crippen molar-refractivity contribution in [1.29, 1.82) is 0 Å². The molecular formula is C16H26N2O2S. The highest BCUT2D eigenvalue weighted by molar-refractivity contribution is 7.89. The molecule has 0 aromatic heterocycles. The fourth-order valence-corrected chi connectivity index (χ4v) is 5.07. The van der Waals surface area contributed by atoms with Crippen molar-refractivity contribution in [2.45, 2.75) is 51.3 Å². The molecule has 4 nitrogen and oxygen atoms in total. The third kappa shape index (κ3) is 3.09. The summed E-state index contributed by atoms with van der Waals surface area (Å²) in [6.45, 7) is 6.16. The van der Waals surface area contributed by atoms with Gasteiger partial charge in [-0.15, -0.1) is 0 Å². The number of nitrogens with two attached hydrogens (primary N) is 1. The van der Waals surface area contributed by atoms with Crippen LogP contribution in [0, 0.1) is 26.7 Å². The topological polar surface area (TPSA) is 63.4 Å². The Labute approximate surface area is 128 Å². The second-order valence-electron chi connectivity index (χ2n) is 6.31. The normalized spacial score (nSPS) is 16.8. The summed E-state index contributed by atoms with van der Waals surface area (Å²) in [4.78, 5) is 0.381. The molecule has 5 heteroatoms. The van der Waals surface area contributed by atoms with Crippen molar-refractivity contribution in [1.82, 2.24) is 4.31 Å². The summed E-state index contributed by atoms with van der Waals surface area (Å²) in [7, 11) is -1.79. The molecule has 1 aliphatic carbocycles. The number of hydrogen-bond acceptors (Lipinski definition) is 3. The Morgan fingerprint density at radius 1 is 1.19 bits per heavy atom. The summed E-state index contributed by atoms with van der Waals surface area (Å²) >= 11 is 0. The van der Waals surface area contributed by atoms with Crippen molar-refractivity contribution in [2.24, 2.45) is 5.92 Å². The maximum Gasteiger partial charge on any atom is 0.243 e. The van der Waals surface area contributed by atoms with E-state index in [9.17, 15) is 8.42 Å². The van der Waals surface area contributed by atoms with Crippen LogP contribution in [0.1, 0.15) is 42.4 Å². The van der Waals surface area contributed by atoms with E-state index >= 15 is 0 Å². The van der Waals surface area contributed by atoms with Gasteiger partial charge in [0, 0.05) is 19.3 Å². The van der Waals surface area contributed by atoms with Gasteiger partial charge in [0.05, 0.1) is 4.90 Å². The van der Waals surface area contributed by atoms with Crippen molar-refractivity contribution in [3.63, 3.8) is 0 Å². The molecule has 1 fully saturated rings. The van der Waals surface area contributed by atoms with Gasteiger partial charge in [0.25, 0.3) is 0 Å². The molecule has 0 unspecified atom stereocenters. The van der Waals surface area contributed by atoms with Gasteiger partial charge in [-0.1, -0.05) is 18.9 Å². The average Bonchev–Trinajstić information content (AvgIpc) is 2.88. The van der Waals surface area contributed by atoms with E-state index in [4.69, 9.17) is 5.73 Å². The summed E-state index contributed by atoms with van der Waals surface area (Å²) in [6.07, 6.45) is 4.70. The number of nitrogen functional groups attached to an aromatic ring is 1. The number of aryl methyl sites for hydroxylation is 2. The molecule has 1 aromatic rings. The lowest BCUT2D eigenvalue weighted by Crippen LogP contribution is -2.32. The number of hydrogen-bond donors (Lipinski definition) is 1. The van der Waals surface area contributed by atoms with E-state index in [1.54, 1.807) is 14.0 Å². The molecule has 21 heavy (non-hydrogen) atoms. The standard InChI is InChI=1S/C16H26N2O2S/c1-11-9-12(2)16(13(3)15(11)17)21(19,20)18(4)10-14-7-5-6-8-14/h9,14H,5-8,10,17H2,1-4H3. The van der Waals surface area contributed by atoms with E-state index < -0.39 is 10.0 Å². The lowest BCUT2D eigenvalue weighted by Gasteiger charge is -2.24. The predicted octanol–water partition coefficient (Wildman–Crippen LogP) is 3.00. The van der Waals surface area contributed by atoms with E-state index in [-0.39, 0.29) is 0 Å². The Bertz CT molecular complexity index is 632. The highest BCUT2D eigenvalue weighted by Crippen LogP contribution is 2.32. The van der Waals surface area contributed by atoms with Crippen molar-refractivity contribution in [3.05, 3.63) is 22.8 Å².